The van der Waals surface area contributed by atoms with Crippen LogP contribution >= 0.6 is 0 Å². The van der Waals surface area contributed by atoms with Gasteiger partial charge in [-0.15, -0.1) is 0 Å². The first-order chi connectivity index (χ1) is 34.1. The first kappa shape index (κ1) is 42.1. The van der Waals surface area contributed by atoms with E-state index in [1.165, 1.54) is 0 Å². The molecule has 0 aliphatic heterocycles. The first-order valence-corrected chi connectivity index (χ1v) is 23.2. The van der Waals surface area contributed by atoms with Gasteiger partial charge in [-0.1, -0.05) is 164 Å². The molecule has 7 heteroatoms. The second-order valence-electron chi connectivity index (χ2n) is 17.5. The lowest BCUT2D eigenvalue weighted by Crippen LogP contribution is -1.95. The minimum Gasteiger partial charge on any atom is -0.240 e. The van der Waals surface area contributed by atoms with Crippen LogP contribution in [0.2, 0.25) is 0 Å². The van der Waals surface area contributed by atoms with Crippen molar-refractivity contribution in [3.8, 4) is 83.8 Å². The van der Waals surface area contributed by atoms with E-state index in [9.17, 15) is 0 Å². The molecule has 6 nitrogen and oxygen atoms in total. The Morgan fingerprint density at radius 3 is 0.714 bits per heavy atom. The summed E-state index contributed by atoms with van der Waals surface area (Å²) in [6.07, 6.45) is 6.27. The van der Waals surface area contributed by atoms with Crippen LogP contribution in [0.15, 0.2) is 255 Å². The molecule has 3 heterocycles. The Labute approximate surface area is 407 Å². The van der Waals surface area contributed by atoms with E-state index in [0.29, 0.717) is 0 Å². The average Bonchev–Trinajstić information content (AvgIpc) is 4.19. The molecule has 0 bridgehead atoms. The predicted molar refractivity (Wildman–Crippen MR) is 289 cm³/mol. The van der Waals surface area contributed by atoms with Crippen LogP contribution in [0.1, 0.15) is 0 Å². The molecule has 13 aromatic rings. The topological polar surface area (TPSA) is 53.5 Å². The molecule has 0 N–H and O–H groups in total. The highest BCUT2D eigenvalue weighted by molar-refractivity contribution is 5.94. The highest BCUT2D eigenvalue weighted by Gasteiger charge is 2.17. The second kappa shape index (κ2) is 17.7. The summed E-state index contributed by atoms with van der Waals surface area (Å²) in [5.74, 6) is 0. The fraction of sp³-hybridized carbons (Fsp3) is 0. The SMILES string of the molecule is [B].c1ccc(-c2cc(-c3ccccc3-c3ccc(-n4cc5ccccc5n4)cc3)cc(-c3ccccc3-c3ccc(-n4cc5ccccc5n4)cc3)c2)c(-c2ccc(-n3cc4ccccc4n3)cc2)c1. The van der Waals surface area contributed by atoms with E-state index in [1.54, 1.807) is 0 Å². The van der Waals surface area contributed by atoms with Crippen molar-refractivity contribution in [1.29, 1.82) is 0 Å². The molecular weight excluding hydrogens is 852 g/mol. The van der Waals surface area contributed by atoms with Crippen LogP contribution < -0.4 is 0 Å². The van der Waals surface area contributed by atoms with Gasteiger partial charge in [0, 0.05) is 43.2 Å². The molecule has 3 aromatic heterocycles. The summed E-state index contributed by atoms with van der Waals surface area (Å²) in [5, 5.41) is 17.9. The zero-order chi connectivity index (χ0) is 45.7. The van der Waals surface area contributed by atoms with E-state index in [4.69, 9.17) is 15.3 Å². The summed E-state index contributed by atoms with van der Waals surface area (Å²) < 4.78 is 5.89. The Morgan fingerprint density at radius 2 is 0.457 bits per heavy atom. The molecule has 70 heavy (non-hydrogen) atoms. The van der Waals surface area contributed by atoms with Crippen molar-refractivity contribution in [2.75, 3.05) is 0 Å². The largest absolute Gasteiger partial charge is 0.240 e. The predicted octanol–water partition coefficient (Wildman–Crippen LogP) is 15.3. The summed E-state index contributed by atoms with van der Waals surface area (Å²) in [7, 11) is 0. The van der Waals surface area contributed by atoms with Crippen molar-refractivity contribution < 1.29 is 0 Å². The molecule has 0 fully saturated rings. The quantitative estimate of drug-likeness (QED) is 0.136. The van der Waals surface area contributed by atoms with Crippen LogP contribution in [0, 0.1) is 0 Å². The van der Waals surface area contributed by atoms with Crippen molar-refractivity contribution in [2.24, 2.45) is 0 Å². The van der Waals surface area contributed by atoms with Crippen LogP contribution in [0.4, 0.5) is 0 Å². The van der Waals surface area contributed by atoms with Gasteiger partial charge in [-0.25, -0.2) is 14.0 Å². The van der Waals surface area contributed by atoms with Crippen molar-refractivity contribution >= 4 is 41.1 Å². The van der Waals surface area contributed by atoms with Crippen molar-refractivity contribution in [3.63, 3.8) is 0 Å². The smallest absolute Gasteiger partial charge is 0.0927 e. The Balaban J connectivity index is 0.00000505. The zero-order valence-corrected chi connectivity index (χ0v) is 38.0. The lowest BCUT2D eigenvalue weighted by atomic mass is 9.86. The van der Waals surface area contributed by atoms with Gasteiger partial charge in [0.1, 0.15) is 0 Å². The number of aromatic nitrogens is 6. The maximum Gasteiger partial charge on any atom is 0.0927 e. The monoisotopic (exact) mass is 893 g/mol. The lowest BCUT2D eigenvalue weighted by Gasteiger charge is -2.18. The summed E-state index contributed by atoms with van der Waals surface area (Å²) in [5.41, 5.74) is 19.7. The minimum absolute atomic E-state index is 0. The number of fused-ring (bicyclic) bond motifs is 3. The molecule has 0 aliphatic rings. The van der Waals surface area contributed by atoms with E-state index in [2.05, 4.69) is 237 Å². The molecule has 13 rings (SSSR count). The molecule has 3 radical (unpaired) electrons. The van der Waals surface area contributed by atoms with E-state index < -0.39 is 0 Å². The van der Waals surface area contributed by atoms with Gasteiger partial charge >= 0.3 is 0 Å². The number of hydrogen-bond donors (Lipinski definition) is 0. The number of benzene rings is 10. The van der Waals surface area contributed by atoms with Gasteiger partial charge in [0.15, 0.2) is 0 Å². The minimum atomic E-state index is 0. The zero-order valence-electron chi connectivity index (χ0n) is 38.0. The normalized spacial score (nSPS) is 11.3. The molecule has 327 valence electrons. The highest BCUT2D eigenvalue weighted by Crippen LogP contribution is 2.42. The van der Waals surface area contributed by atoms with E-state index >= 15 is 0 Å². The molecule has 0 aliphatic carbocycles. The van der Waals surface area contributed by atoms with Gasteiger partial charge in [-0.2, -0.15) is 15.3 Å². The van der Waals surface area contributed by atoms with Crippen LogP contribution in [-0.4, -0.2) is 37.8 Å². The first-order valence-electron chi connectivity index (χ1n) is 23.2. The van der Waals surface area contributed by atoms with Gasteiger partial charge in [-0.3, -0.25) is 0 Å². The second-order valence-corrected chi connectivity index (χ2v) is 17.5. The third-order valence-corrected chi connectivity index (χ3v) is 13.2. The maximum atomic E-state index is 4.85. The third-order valence-electron chi connectivity index (χ3n) is 13.2. The van der Waals surface area contributed by atoms with Crippen LogP contribution in [-0.2, 0) is 0 Å². The average molecular weight is 894 g/mol. The summed E-state index contributed by atoms with van der Waals surface area (Å²) in [4.78, 5) is 0. The fourth-order valence-electron chi connectivity index (χ4n) is 9.73. The number of nitrogens with zero attached hydrogens (tertiary/aromatic N) is 6. The van der Waals surface area contributed by atoms with Gasteiger partial charge in [-0.05, 0) is 140 Å². The van der Waals surface area contributed by atoms with Gasteiger partial charge in [0.2, 0.25) is 0 Å². The Kier molecular flexibility index (Phi) is 10.6. The summed E-state index contributed by atoms with van der Waals surface area (Å²) >= 11 is 0. The Bertz CT molecular complexity index is 3480. The Hall–Kier alpha value is -9.33. The fourth-order valence-corrected chi connectivity index (χ4v) is 9.73. The van der Waals surface area contributed by atoms with Gasteiger partial charge in [0.05, 0.1) is 33.6 Å². The molecule has 0 unspecified atom stereocenters. The standard InChI is InChI=1S/C63H42N6.B/c1-10-22-61-46(13-1)40-67(64-61)52-31-25-43(26-32-52)55-16-4-7-19-58(55)49-37-50(59-20-8-5-17-56(59)44-27-33-53(34-28-44)68-41-47-14-2-11-23-62(47)65-68)39-51(38-49)60-21-9-6-18-57(60)45-29-35-54(36-30-45)69-42-48-15-3-12-24-63(48)66-69;/h1-42H;. The van der Waals surface area contributed by atoms with Crippen molar-refractivity contribution in [3.05, 3.63) is 255 Å². The van der Waals surface area contributed by atoms with Crippen LogP contribution in [0.5, 0.6) is 0 Å². The summed E-state index contributed by atoms with van der Waals surface area (Å²) in [6.45, 7) is 0. The molecule has 0 saturated heterocycles. The third kappa shape index (κ3) is 7.75. The lowest BCUT2D eigenvalue weighted by molar-refractivity contribution is 0.896. The summed E-state index contributed by atoms with van der Waals surface area (Å²) in [6, 6.07) is 84.3. The molecular formula is C63H42BN6. The molecule has 0 atom stereocenters. The number of rotatable bonds is 9. The van der Waals surface area contributed by atoms with Crippen molar-refractivity contribution in [1.82, 2.24) is 29.3 Å². The number of hydrogen-bond acceptors (Lipinski definition) is 3. The molecule has 0 saturated carbocycles. The Morgan fingerprint density at radius 1 is 0.229 bits per heavy atom. The van der Waals surface area contributed by atoms with E-state index in [-0.39, 0.29) is 8.41 Å². The van der Waals surface area contributed by atoms with Crippen LogP contribution in [0.25, 0.3) is 117 Å². The molecule has 0 spiro atoms. The molecule has 10 aromatic carbocycles. The van der Waals surface area contributed by atoms with E-state index in [0.717, 1.165) is 117 Å². The van der Waals surface area contributed by atoms with Crippen LogP contribution in [0.3, 0.4) is 0 Å². The van der Waals surface area contributed by atoms with Crippen molar-refractivity contribution in [2.45, 2.75) is 0 Å². The highest BCUT2D eigenvalue weighted by atomic mass is 15.3. The van der Waals surface area contributed by atoms with Gasteiger partial charge < -0.3 is 0 Å². The van der Waals surface area contributed by atoms with Gasteiger partial charge in [0.25, 0.3) is 0 Å². The maximum absolute atomic E-state index is 4.85. The molecule has 0 amide bonds. The van der Waals surface area contributed by atoms with E-state index in [1.807, 2.05) is 32.2 Å².